The van der Waals surface area contributed by atoms with Crippen molar-refractivity contribution in [2.75, 3.05) is 13.1 Å². The van der Waals surface area contributed by atoms with Crippen LogP contribution in [0.15, 0.2) is 0 Å². The Balaban J connectivity index is 2.20. The Morgan fingerprint density at radius 2 is 2.17 bits per heavy atom. The third-order valence-corrected chi connectivity index (χ3v) is 3.22. The second-order valence-electron chi connectivity index (χ2n) is 4.21. The van der Waals surface area contributed by atoms with Crippen molar-refractivity contribution in [2.45, 2.75) is 45.1 Å². The van der Waals surface area contributed by atoms with Crippen LogP contribution in [-0.4, -0.2) is 18.6 Å². The van der Waals surface area contributed by atoms with Crippen LogP contribution in [0.5, 0.6) is 0 Å². The minimum Gasteiger partial charge on any atom is -0.330 e. The van der Waals surface area contributed by atoms with Crippen LogP contribution in [0.2, 0.25) is 0 Å². The molecule has 12 heavy (non-hydrogen) atoms. The van der Waals surface area contributed by atoms with E-state index >= 15 is 0 Å². The molecule has 0 aromatic rings. The predicted octanol–water partition coefficient (Wildman–Crippen LogP) is 1.50. The zero-order chi connectivity index (χ0) is 9.03. The van der Waals surface area contributed by atoms with E-state index in [-0.39, 0.29) is 0 Å². The second kappa shape index (κ2) is 4.24. The van der Waals surface area contributed by atoms with Gasteiger partial charge >= 0.3 is 0 Å². The number of nitrogens with one attached hydrogen (secondary N) is 1. The standard InChI is InChI=1S/C10H22N2/c1-3-10(5-4-6-10)12-8-9(2)7-11/h9,12H,3-8,11H2,1-2H3. The fraction of sp³-hybridized carbons (Fsp3) is 1.00. The Labute approximate surface area is 75.9 Å². The lowest BCUT2D eigenvalue weighted by molar-refractivity contribution is 0.170. The highest BCUT2D eigenvalue weighted by atomic mass is 15.0. The molecule has 0 heterocycles. The molecule has 1 unspecified atom stereocenters. The first-order chi connectivity index (χ1) is 5.72. The second-order valence-corrected chi connectivity index (χ2v) is 4.21. The van der Waals surface area contributed by atoms with E-state index in [1.165, 1.54) is 25.7 Å². The van der Waals surface area contributed by atoms with Crippen molar-refractivity contribution in [1.29, 1.82) is 0 Å². The molecule has 2 heteroatoms. The van der Waals surface area contributed by atoms with E-state index in [4.69, 9.17) is 5.73 Å². The molecule has 3 N–H and O–H groups in total. The normalized spacial score (nSPS) is 23.2. The van der Waals surface area contributed by atoms with E-state index in [0.29, 0.717) is 11.5 Å². The molecule has 72 valence electrons. The van der Waals surface area contributed by atoms with Crippen LogP contribution in [0.1, 0.15) is 39.5 Å². The van der Waals surface area contributed by atoms with Crippen molar-refractivity contribution in [1.82, 2.24) is 5.32 Å². The van der Waals surface area contributed by atoms with Gasteiger partial charge in [-0.25, -0.2) is 0 Å². The summed E-state index contributed by atoms with van der Waals surface area (Å²) in [5, 5.41) is 3.65. The van der Waals surface area contributed by atoms with Crippen molar-refractivity contribution >= 4 is 0 Å². The molecule has 1 atom stereocenters. The molecule has 0 radical (unpaired) electrons. The van der Waals surface area contributed by atoms with Gasteiger partial charge in [0.15, 0.2) is 0 Å². The SMILES string of the molecule is CCC1(NCC(C)CN)CCC1. The summed E-state index contributed by atoms with van der Waals surface area (Å²) in [6, 6.07) is 0. The highest BCUT2D eigenvalue weighted by molar-refractivity contribution is 4.94. The average Bonchev–Trinajstić information content (AvgIpc) is 2.03. The highest BCUT2D eigenvalue weighted by Crippen LogP contribution is 2.34. The third-order valence-electron chi connectivity index (χ3n) is 3.22. The molecule has 0 amide bonds. The van der Waals surface area contributed by atoms with Crippen LogP contribution < -0.4 is 11.1 Å². The number of hydrogen-bond donors (Lipinski definition) is 2. The fourth-order valence-corrected chi connectivity index (χ4v) is 1.73. The maximum Gasteiger partial charge on any atom is 0.0179 e. The van der Waals surface area contributed by atoms with Crippen molar-refractivity contribution in [3.05, 3.63) is 0 Å². The first-order valence-electron chi connectivity index (χ1n) is 5.17. The largest absolute Gasteiger partial charge is 0.330 e. The van der Waals surface area contributed by atoms with Crippen LogP contribution in [0.4, 0.5) is 0 Å². The van der Waals surface area contributed by atoms with Gasteiger partial charge < -0.3 is 11.1 Å². The van der Waals surface area contributed by atoms with Gasteiger partial charge in [-0.05, 0) is 44.7 Å². The van der Waals surface area contributed by atoms with Gasteiger partial charge in [0.2, 0.25) is 0 Å². The lowest BCUT2D eigenvalue weighted by atomic mass is 9.74. The molecule has 1 saturated carbocycles. The smallest absolute Gasteiger partial charge is 0.0179 e. The van der Waals surface area contributed by atoms with Crippen LogP contribution in [0, 0.1) is 5.92 Å². The summed E-state index contributed by atoms with van der Waals surface area (Å²) >= 11 is 0. The summed E-state index contributed by atoms with van der Waals surface area (Å²) in [5.41, 5.74) is 6.05. The van der Waals surface area contributed by atoms with Crippen molar-refractivity contribution in [2.24, 2.45) is 11.7 Å². The number of hydrogen-bond acceptors (Lipinski definition) is 2. The molecule has 0 saturated heterocycles. The van der Waals surface area contributed by atoms with Gasteiger partial charge in [-0.2, -0.15) is 0 Å². The summed E-state index contributed by atoms with van der Waals surface area (Å²) in [6.07, 6.45) is 5.39. The molecule has 1 aliphatic carbocycles. The van der Waals surface area contributed by atoms with E-state index in [0.717, 1.165) is 13.1 Å². The molecule has 0 aromatic carbocycles. The Morgan fingerprint density at radius 1 is 1.50 bits per heavy atom. The van der Waals surface area contributed by atoms with E-state index in [1.54, 1.807) is 0 Å². The van der Waals surface area contributed by atoms with Crippen LogP contribution in [-0.2, 0) is 0 Å². The lowest BCUT2D eigenvalue weighted by Crippen LogP contribution is -2.52. The Hall–Kier alpha value is -0.0800. The summed E-state index contributed by atoms with van der Waals surface area (Å²) in [6.45, 7) is 6.37. The van der Waals surface area contributed by atoms with E-state index in [1.807, 2.05) is 0 Å². The molecule has 0 spiro atoms. The summed E-state index contributed by atoms with van der Waals surface area (Å²) < 4.78 is 0. The van der Waals surface area contributed by atoms with Gasteiger partial charge in [-0.15, -0.1) is 0 Å². The zero-order valence-corrected chi connectivity index (χ0v) is 8.40. The van der Waals surface area contributed by atoms with Crippen molar-refractivity contribution < 1.29 is 0 Å². The maximum atomic E-state index is 5.56. The minimum absolute atomic E-state index is 0.490. The molecular weight excluding hydrogens is 148 g/mol. The van der Waals surface area contributed by atoms with Gasteiger partial charge in [0.1, 0.15) is 0 Å². The number of nitrogens with two attached hydrogens (primary N) is 1. The molecule has 1 fully saturated rings. The van der Waals surface area contributed by atoms with Gasteiger partial charge in [0.25, 0.3) is 0 Å². The Morgan fingerprint density at radius 3 is 2.50 bits per heavy atom. The van der Waals surface area contributed by atoms with Gasteiger partial charge in [0.05, 0.1) is 0 Å². The topological polar surface area (TPSA) is 38.0 Å². The van der Waals surface area contributed by atoms with Crippen LogP contribution in [0.3, 0.4) is 0 Å². The van der Waals surface area contributed by atoms with Gasteiger partial charge in [-0.3, -0.25) is 0 Å². The Bertz CT molecular complexity index is 124. The first-order valence-corrected chi connectivity index (χ1v) is 5.17. The van der Waals surface area contributed by atoms with Crippen molar-refractivity contribution in [3.8, 4) is 0 Å². The maximum absolute atomic E-state index is 5.56. The molecule has 0 bridgehead atoms. The lowest BCUT2D eigenvalue weighted by Gasteiger charge is -2.43. The molecule has 1 aliphatic rings. The average molecular weight is 170 g/mol. The molecule has 0 aromatic heterocycles. The highest BCUT2D eigenvalue weighted by Gasteiger charge is 2.34. The zero-order valence-electron chi connectivity index (χ0n) is 8.40. The minimum atomic E-state index is 0.490. The quantitative estimate of drug-likeness (QED) is 0.656. The monoisotopic (exact) mass is 170 g/mol. The third kappa shape index (κ3) is 2.20. The molecular formula is C10H22N2. The van der Waals surface area contributed by atoms with Crippen LogP contribution >= 0.6 is 0 Å². The molecule has 2 nitrogen and oxygen atoms in total. The summed E-state index contributed by atoms with van der Waals surface area (Å²) in [7, 11) is 0. The predicted molar refractivity (Wildman–Crippen MR) is 53.1 cm³/mol. The first kappa shape index (κ1) is 10.0. The van der Waals surface area contributed by atoms with Crippen LogP contribution in [0.25, 0.3) is 0 Å². The van der Waals surface area contributed by atoms with E-state index < -0.39 is 0 Å². The summed E-state index contributed by atoms with van der Waals surface area (Å²) in [4.78, 5) is 0. The Kier molecular flexibility index (Phi) is 3.53. The van der Waals surface area contributed by atoms with Gasteiger partial charge in [0, 0.05) is 5.54 Å². The number of rotatable bonds is 5. The van der Waals surface area contributed by atoms with E-state index in [9.17, 15) is 0 Å². The fourth-order valence-electron chi connectivity index (χ4n) is 1.73. The molecule has 0 aliphatic heterocycles. The summed E-state index contributed by atoms with van der Waals surface area (Å²) in [5.74, 6) is 0.619. The van der Waals surface area contributed by atoms with Crippen molar-refractivity contribution in [3.63, 3.8) is 0 Å². The van der Waals surface area contributed by atoms with E-state index in [2.05, 4.69) is 19.2 Å². The molecule has 1 rings (SSSR count). The van der Waals surface area contributed by atoms with Gasteiger partial charge in [-0.1, -0.05) is 13.8 Å².